The Bertz CT molecular complexity index is 614. The molecule has 26 heavy (non-hydrogen) atoms. The van der Waals surface area contributed by atoms with Crippen molar-refractivity contribution in [2.75, 3.05) is 39.3 Å². The number of hydrogen-bond acceptors (Lipinski definition) is 3. The monoisotopic (exact) mass is 356 g/mol. The van der Waals surface area contributed by atoms with Gasteiger partial charge in [-0.3, -0.25) is 9.89 Å². The van der Waals surface area contributed by atoms with Gasteiger partial charge in [0.05, 0.1) is 19.3 Å². The van der Waals surface area contributed by atoms with E-state index in [9.17, 15) is 0 Å². The molecule has 0 bridgehead atoms. The number of benzene rings is 1. The zero-order valence-corrected chi connectivity index (χ0v) is 15.9. The average molecular weight is 357 g/mol. The van der Waals surface area contributed by atoms with Crippen molar-refractivity contribution in [3.8, 4) is 0 Å². The Balaban J connectivity index is 1.32. The summed E-state index contributed by atoms with van der Waals surface area (Å²) in [7, 11) is 0. The van der Waals surface area contributed by atoms with Gasteiger partial charge in [-0.15, -0.1) is 0 Å². The number of aliphatic imine (C=N–C) groups is 1. The van der Waals surface area contributed by atoms with E-state index >= 15 is 0 Å². The summed E-state index contributed by atoms with van der Waals surface area (Å²) in [5.74, 6) is 0.918. The second kappa shape index (κ2) is 7.97. The molecule has 2 unspecified atom stereocenters. The Morgan fingerprint density at radius 1 is 1.27 bits per heavy atom. The summed E-state index contributed by atoms with van der Waals surface area (Å²) in [4.78, 5) is 7.49. The van der Waals surface area contributed by atoms with Crippen LogP contribution in [0.15, 0.2) is 35.3 Å². The highest BCUT2D eigenvalue weighted by Crippen LogP contribution is 2.48. The van der Waals surface area contributed by atoms with Crippen molar-refractivity contribution >= 4 is 5.96 Å². The largest absolute Gasteiger partial charge is 0.373 e. The molecule has 2 N–H and O–H groups in total. The Morgan fingerprint density at radius 2 is 2.12 bits per heavy atom. The number of nitrogens with zero attached hydrogens (tertiary/aromatic N) is 2. The molecule has 1 aromatic rings. The van der Waals surface area contributed by atoms with Gasteiger partial charge in [0.1, 0.15) is 0 Å². The molecule has 2 aliphatic heterocycles. The maximum absolute atomic E-state index is 6.06. The smallest absolute Gasteiger partial charge is 0.191 e. The normalized spacial score (nSPS) is 27.8. The predicted octanol–water partition coefficient (Wildman–Crippen LogP) is 2.14. The van der Waals surface area contributed by atoms with E-state index in [4.69, 9.17) is 9.73 Å². The Morgan fingerprint density at radius 3 is 2.88 bits per heavy atom. The van der Waals surface area contributed by atoms with Crippen molar-refractivity contribution < 1.29 is 4.74 Å². The third kappa shape index (κ3) is 4.04. The quantitative estimate of drug-likeness (QED) is 0.606. The molecule has 1 saturated carbocycles. The van der Waals surface area contributed by atoms with Crippen molar-refractivity contribution in [1.29, 1.82) is 0 Å². The third-order valence-corrected chi connectivity index (χ3v) is 6.08. The Hall–Kier alpha value is -1.59. The van der Waals surface area contributed by atoms with Gasteiger partial charge in [-0.05, 0) is 44.7 Å². The SMILES string of the molecule is CCNC(=NCC1(c2ccccc2)CC1)NCC1CN2CCCC2CO1. The first kappa shape index (κ1) is 17.8. The van der Waals surface area contributed by atoms with Crippen molar-refractivity contribution in [2.45, 2.75) is 50.2 Å². The fourth-order valence-corrected chi connectivity index (χ4v) is 4.27. The summed E-state index contributed by atoms with van der Waals surface area (Å²) < 4.78 is 6.06. The van der Waals surface area contributed by atoms with Gasteiger partial charge in [0.15, 0.2) is 5.96 Å². The van der Waals surface area contributed by atoms with Crippen LogP contribution < -0.4 is 10.6 Å². The molecule has 2 saturated heterocycles. The molecule has 3 fully saturated rings. The first-order valence-electron chi connectivity index (χ1n) is 10.2. The van der Waals surface area contributed by atoms with Crippen LogP contribution in [-0.2, 0) is 10.2 Å². The van der Waals surface area contributed by atoms with Gasteiger partial charge in [0, 0.05) is 31.1 Å². The molecular formula is C21H32N4O. The van der Waals surface area contributed by atoms with Gasteiger partial charge >= 0.3 is 0 Å². The van der Waals surface area contributed by atoms with Crippen LogP contribution in [0, 0.1) is 0 Å². The highest BCUT2D eigenvalue weighted by Gasteiger charge is 2.44. The van der Waals surface area contributed by atoms with Crippen LogP contribution >= 0.6 is 0 Å². The highest BCUT2D eigenvalue weighted by atomic mass is 16.5. The minimum atomic E-state index is 0.258. The first-order valence-corrected chi connectivity index (χ1v) is 10.2. The average Bonchev–Trinajstić information content (AvgIpc) is 3.33. The number of morpholine rings is 1. The van der Waals surface area contributed by atoms with Gasteiger partial charge in [-0.2, -0.15) is 0 Å². The zero-order valence-electron chi connectivity index (χ0n) is 15.9. The lowest BCUT2D eigenvalue weighted by atomic mass is 9.96. The van der Waals surface area contributed by atoms with Gasteiger partial charge in [-0.1, -0.05) is 30.3 Å². The van der Waals surface area contributed by atoms with E-state index in [0.29, 0.717) is 6.04 Å². The van der Waals surface area contributed by atoms with Crippen LogP contribution in [0.1, 0.15) is 38.2 Å². The fourth-order valence-electron chi connectivity index (χ4n) is 4.27. The van der Waals surface area contributed by atoms with Crippen molar-refractivity contribution in [3.63, 3.8) is 0 Å². The van der Waals surface area contributed by atoms with Gasteiger partial charge in [0.2, 0.25) is 0 Å². The van der Waals surface area contributed by atoms with Crippen molar-refractivity contribution in [3.05, 3.63) is 35.9 Å². The van der Waals surface area contributed by atoms with Crippen LogP contribution in [0.3, 0.4) is 0 Å². The molecule has 4 rings (SSSR count). The third-order valence-electron chi connectivity index (χ3n) is 6.08. The van der Waals surface area contributed by atoms with E-state index in [1.165, 1.54) is 37.8 Å². The molecule has 0 radical (unpaired) electrons. The summed E-state index contributed by atoms with van der Waals surface area (Å²) in [6.07, 6.45) is 5.35. The van der Waals surface area contributed by atoms with E-state index in [0.717, 1.165) is 38.7 Å². The minimum Gasteiger partial charge on any atom is -0.373 e. The van der Waals surface area contributed by atoms with Gasteiger partial charge in [0.25, 0.3) is 0 Å². The molecule has 142 valence electrons. The van der Waals surface area contributed by atoms with E-state index in [-0.39, 0.29) is 11.5 Å². The molecule has 5 nitrogen and oxygen atoms in total. The van der Waals surface area contributed by atoms with E-state index < -0.39 is 0 Å². The summed E-state index contributed by atoms with van der Waals surface area (Å²) in [6, 6.07) is 11.5. The van der Waals surface area contributed by atoms with Crippen LogP contribution in [0.2, 0.25) is 0 Å². The topological polar surface area (TPSA) is 48.9 Å². The van der Waals surface area contributed by atoms with Crippen LogP contribution in [0.5, 0.6) is 0 Å². The lowest BCUT2D eigenvalue weighted by Crippen LogP contribution is -2.51. The standard InChI is InChI=1S/C21H32N4O/c1-2-22-20(23-13-19-14-25-12-6-9-18(25)15-26-19)24-16-21(10-11-21)17-7-4-3-5-8-17/h3-5,7-8,18-19H,2,6,9-16H2,1H3,(H2,22,23,24). The molecule has 2 atom stereocenters. The maximum Gasteiger partial charge on any atom is 0.191 e. The lowest BCUT2D eigenvalue weighted by molar-refractivity contribution is -0.0453. The summed E-state index contributed by atoms with van der Waals surface area (Å²) in [5, 5.41) is 6.90. The highest BCUT2D eigenvalue weighted by molar-refractivity contribution is 5.79. The zero-order chi connectivity index (χ0) is 17.8. The summed E-state index contributed by atoms with van der Waals surface area (Å²) in [5.41, 5.74) is 1.68. The predicted molar refractivity (Wildman–Crippen MR) is 106 cm³/mol. The molecule has 5 heteroatoms. The molecule has 1 aromatic carbocycles. The number of ether oxygens (including phenoxy) is 1. The number of hydrogen-bond donors (Lipinski definition) is 2. The molecule has 0 spiro atoms. The number of nitrogens with one attached hydrogen (secondary N) is 2. The second-order valence-electron chi connectivity index (χ2n) is 7.97. The summed E-state index contributed by atoms with van der Waals surface area (Å²) >= 11 is 0. The van der Waals surface area contributed by atoms with Crippen LogP contribution in [0.25, 0.3) is 0 Å². The Labute approximate surface area is 157 Å². The maximum atomic E-state index is 6.06. The van der Waals surface area contributed by atoms with Crippen LogP contribution in [-0.4, -0.2) is 62.3 Å². The number of fused-ring (bicyclic) bond motifs is 1. The van der Waals surface area contributed by atoms with Crippen molar-refractivity contribution in [1.82, 2.24) is 15.5 Å². The number of guanidine groups is 1. The van der Waals surface area contributed by atoms with Crippen LogP contribution in [0.4, 0.5) is 0 Å². The van der Waals surface area contributed by atoms with Gasteiger partial charge in [-0.25, -0.2) is 0 Å². The molecule has 2 heterocycles. The van der Waals surface area contributed by atoms with Crippen molar-refractivity contribution in [2.24, 2.45) is 4.99 Å². The fraction of sp³-hybridized carbons (Fsp3) is 0.667. The molecule has 0 amide bonds. The first-order chi connectivity index (χ1) is 12.8. The molecule has 3 aliphatic rings. The number of rotatable bonds is 6. The van der Waals surface area contributed by atoms with E-state index in [1.807, 2.05) is 0 Å². The Kier molecular flexibility index (Phi) is 5.46. The summed E-state index contributed by atoms with van der Waals surface area (Å²) in [6.45, 7) is 7.84. The molecular weight excluding hydrogens is 324 g/mol. The molecule has 1 aliphatic carbocycles. The molecule has 0 aromatic heterocycles. The van der Waals surface area contributed by atoms with E-state index in [1.54, 1.807) is 0 Å². The lowest BCUT2D eigenvalue weighted by Gasteiger charge is -2.35. The minimum absolute atomic E-state index is 0.258. The van der Waals surface area contributed by atoms with Gasteiger partial charge < -0.3 is 15.4 Å². The van der Waals surface area contributed by atoms with E-state index in [2.05, 4.69) is 52.8 Å². The second-order valence-corrected chi connectivity index (χ2v) is 7.97.